The van der Waals surface area contributed by atoms with E-state index < -0.39 is 28.3 Å². The monoisotopic (exact) mass is 419 g/mol. The van der Waals surface area contributed by atoms with Gasteiger partial charge in [-0.25, -0.2) is 17.2 Å². The first-order chi connectivity index (χ1) is 11.2. The molecule has 1 aliphatic carbocycles. The third kappa shape index (κ3) is 2.91. The maximum Gasteiger partial charge on any atom is 0.175 e. The van der Waals surface area contributed by atoms with Gasteiger partial charge in [-0.15, -0.1) is 0 Å². The van der Waals surface area contributed by atoms with E-state index in [1.54, 1.807) is 6.07 Å². The molecule has 1 aromatic heterocycles. The molecule has 24 heavy (non-hydrogen) atoms. The Hall–Kier alpha value is -1.58. The lowest BCUT2D eigenvalue weighted by atomic mass is 10.1. The zero-order valence-corrected chi connectivity index (χ0v) is 14.7. The minimum absolute atomic E-state index is 0.0657. The van der Waals surface area contributed by atoms with E-state index in [2.05, 4.69) is 20.9 Å². The number of halogens is 3. The molecule has 3 atom stereocenters. The average Bonchev–Trinajstić information content (AvgIpc) is 2.72. The highest BCUT2D eigenvalue weighted by Gasteiger charge is 2.45. The minimum Gasteiger partial charge on any atom is -0.455 e. The lowest BCUT2D eigenvalue weighted by Gasteiger charge is -2.14. The lowest BCUT2D eigenvalue weighted by molar-refractivity contribution is 0.0454. The molecule has 0 bridgehead atoms. The molecule has 0 saturated heterocycles. The van der Waals surface area contributed by atoms with Crippen molar-refractivity contribution in [3.8, 4) is 11.5 Å². The standard InChI is InChI=1S/C15H12BrF2NO4S/c1-24(21,22)10-3-2-9(23-8-4-7(16)5-19-6-8)11-12(10)15(20)14(18)13(11)17/h2-6,13-15,20H,1H3. The lowest BCUT2D eigenvalue weighted by Crippen LogP contribution is -2.11. The molecule has 1 aliphatic rings. The van der Waals surface area contributed by atoms with Crippen LogP contribution >= 0.6 is 15.9 Å². The summed E-state index contributed by atoms with van der Waals surface area (Å²) in [7, 11) is -3.77. The number of fused-ring (bicyclic) bond motifs is 1. The van der Waals surface area contributed by atoms with Crippen LogP contribution in [0.3, 0.4) is 0 Å². The van der Waals surface area contributed by atoms with Crippen molar-refractivity contribution in [2.24, 2.45) is 0 Å². The number of alkyl halides is 2. The summed E-state index contributed by atoms with van der Waals surface area (Å²) < 4.78 is 58.1. The second-order valence-electron chi connectivity index (χ2n) is 5.39. The van der Waals surface area contributed by atoms with Gasteiger partial charge in [0.05, 0.1) is 11.1 Å². The Labute approximate surface area is 145 Å². The highest BCUT2D eigenvalue weighted by Crippen LogP contribution is 2.50. The van der Waals surface area contributed by atoms with Gasteiger partial charge in [0.2, 0.25) is 0 Å². The molecule has 0 amide bonds. The van der Waals surface area contributed by atoms with Gasteiger partial charge in [0.15, 0.2) is 22.2 Å². The van der Waals surface area contributed by atoms with Crippen molar-refractivity contribution < 1.29 is 27.0 Å². The number of hydrogen-bond acceptors (Lipinski definition) is 5. The number of aliphatic hydroxyl groups is 1. The summed E-state index contributed by atoms with van der Waals surface area (Å²) in [6.45, 7) is 0. The number of hydrogen-bond donors (Lipinski definition) is 1. The molecular weight excluding hydrogens is 408 g/mol. The van der Waals surface area contributed by atoms with Gasteiger partial charge in [0.1, 0.15) is 17.6 Å². The van der Waals surface area contributed by atoms with Crippen molar-refractivity contribution in [3.05, 3.63) is 46.2 Å². The quantitative estimate of drug-likeness (QED) is 0.824. The highest BCUT2D eigenvalue weighted by atomic mass is 79.9. The van der Waals surface area contributed by atoms with E-state index >= 15 is 0 Å². The number of aliphatic hydroxyl groups excluding tert-OH is 1. The molecule has 0 fully saturated rings. The molecule has 128 valence electrons. The first-order valence-electron chi connectivity index (χ1n) is 6.81. The minimum atomic E-state index is -3.77. The van der Waals surface area contributed by atoms with Crippen LogP contribution in [0.5, 0.6) is 11.5 Å². The predicted molar refractivity (Wildman–Crippen MR) is 85.3 cm³/mol. The van der Waals surface area contributed by atoms with Gasteiger partial charge in [-0.1, -0.05) is 0 Å². The number of sulfone groups is 1. The van der Waals surface area contributed by atoms with Crippen molar-refractivity contribution in [2.75, 3.05) is 6.26 Å². The van der Waals surface area contributed by atoms with Crippen LogP contribution in [0.2, 0.25) is 0 Å². The van der Waals surface area contributed by atoms with E-state index in [1.165, 1.54) is 24.5 Å². The second-order valence-corrected chi connectivity index (χ2v) is 8.29. The molecule has 0 radical (unpaired) electrons. The molecule has 9 heteroatoms. The first kappa shape index (κ1) is 17.2. The molecule has 1 aromatic carbocycles. The maximum absolute atomic E-state index is 14.3. The van der Waals surface area contributed by atoms with Crippen LogP contribution < -0.4 is 4.74 Å². The van der Waals surface area contributed by atoms with Crippen LogP contribution in [-0.4, -0.2) is 30.9 Å². The topological polar surface area (TPSA) is 76.5 Å². The largest absolute Gasteiger partial charge is 0.455 e. The molecular formula is C15H12BrF2NO4S. The van der Waals surface area contributed by atoms with Gasteiger partial charge in [-0.2, -0.15) is 0 Å². The Balaban J connectivity index is 2.17. The fourth-order valence-electron chi connectivity index (χ4n) is 2.65. The summed E-state index contributed by atoms with van der Waals surface area (Å²) in [5, 5.41) is 9.94. The van der Waals surface area contributed by atoms with E-state index in [9.17, 15) is 22.3 Å². The van der Waals surface area contributed by atoms with Crippen molar-refractivity contribution in [2.45, 2.75) is 23.3 Å². The van der Waals surface area contributed by atoms with Crippen LogP contribution in [-0.2, 0) is 9.84 Å². The summed E-state index contributed by atoms with van der Waals surface area (Å²) in [6, 6.07) is 3.98. The Morgan fingerprint density at radius 3 is 2.58 bits per heavy atom. The first-order valence-corrected chi connectivity index (χ1v) is 9.50. The van der Waals surface area contributed by atoms with Crippen molar-refractivity contribution >= 4 is 25.8 Å². The van der Waals surface area contributed by atoms with E-state index in [0.29, 0.717) is 4.47 Å². The molecule has 1 N–H and O–H groups in total. The molecule has 5 nitrogen and oxygen atoms in total. The van der Waals surface area contributed by atoms with E-state index in [1.807, 2.05) is 0 Å². The van der Waals surface area contributed by atoms with Gasteiger partial charge < -0.3 is 9.84 Å². The summed E-state index contributed by atoms with van der Waals surface area (Å²) in [5.74, 6) is 0.187. The molecule has 3 rings (SSSR count). The van der Waals surface area contributed by atoms with Gasteiger partial charge in [-0.05, 0) is 34.1 Å². The van der Waals surface area contributed by atoms with Crippen molar-refractivity contribution in [3.63, 3.8) is 0 Å². The molecule has 0 saturated carbocycles. The Bertz CT molecular complexity index is 906. The van der Waals surface area contributed by atoms with Gasteiger partial charge in [0, 0.05) is 28.1 Å². The van der Waals surface area contributed by atoms with Crippen molar-refractivity contribution in [1.29, 1.82) is 0 Å². The molecule has 0 aliphatic heterocycles. The molecule has 3 unspecified atom stereocenters. The van der Waals surface area contributed by atoms with E-state index in [0.717, 1.165) is 6.26 Å². The fraction of sp³-hybridized carbons (Fsp3) is 0.267. The van der Waals surface area contributed by atoms with E-state index in [-0.39, 0.29) is 27.5 Å². The number of benzene rings is 1. The Morgan fingerprint density at radius 2 is 1.96 bits per heavy atom. The third-order valence-corrected chi connectivity index (χ3v) is 5.26. The second kappa shape index (κ2) is 6.05. The molecule has 1 heterocycles. The zero-order valence-electron chi connectivity index (χ0n) is 12.3. The molecule has 0 spiro atoms. The average molecular weight is 420 g/mol. The van der Waals surface area contributed by atoms with Gasteiger partial charge in [0.25, 0.3) is 0 Å². The van der Waals surface area contributed by atoms with Crippen LogP contribution in [0.25, 0.3) is 0 Å². The summed E-state index contributed by atoms with van der Waals surface area (Å²) in [4.78, 5) is 3.58. The fourth-order valence-corrected chi connectivity index (χ4v) is 3.94. The predicted octanol–water partition coefficient (Wildman–Crippen LogP) is 3.44. The third-order valence-electron chi connectivity index (χ3n) is 3.67. The molecule has 2 aromatic rings. The van der Waals surface area contributed by atoms with E-state index in [4.69, 9.17) is 4.74 Å². The smallest absolute Gasteiger partial charge is 0.175 e. The summed E-state index contributed by atoms with van der Waals surface area (Å²) in [5.41, 5.74) is -0.587. The van der Waals surface area contributed by atoms with Crippen molar-refractivity contribution in [1.82, 2.24) is 4.98 Å². The maximum atomic E-state index is 14.3. The van der Waals surface area contributed by atoms with Gasteiger partial charge >= 0.3 is 0 Å². The number of nitrogens with zero attached hydrogens (tertiary/aromatic N) is 1. The van der Waals surface area contributed by atoms with Crippen LogP contribution in [0, 0.1) is 0 Å². The van der Waals surface area contributed by atoms with Crippen LogP contribution in [0.1, 0.15) is 23.4 Å². The highest BCUT2D eigenvalue weighted by molar-refractivity contribution is 9.10. The number of aromatic nitrogens is 1. The zero-order chi connectivity index (χ0) is 17.6. The number of rotatable bonds is 3. The SMILES string of the molecule is CS(=O)(=O)c1ccc(Oc2cncc(Br)c2)c2c1C(O)C(F)C2F. The summed E-state index contributed by atoms with van der Waals surface area (Å²) >= 11 is 3.21. The normalized spacial score (nSPS) is 23.1. The van der Waals surface area contributed by atoms with Crippen LogP contribution in [0.4, 0.5) is 8.78 Å². The Kier molecular flexibility index (Phi) is 4.35. The summed E-state index contributed by atoms with van der Waals surface area (Å²) in [6.07, 6.45) is -2.52. The van der Waals surface area contributed by atoms with Crippen LogP contribution in [0.15, 0.2) is 40.0 Å². The van der Waals surface area contributed by atoms with Gasteiger partial charge in [-0.3, -0.25) is 4.98 Å². The number of ether oxygens (including phenoxy) is 1. The number of pyridine rings is 1. The Morgan fingerprint density at radius 1 is 1.25 bits per heavy atom.